The smallest absolute Gasteiger partial charge is 0.0971 e. The molecule has 2 nitrogen and oxygen atoms in total. The van der Waals surface area contributed by atoms with Crippen molar-refractivity contribution in [2.24, 2.45) is 11.8 Å². The quantitative estimate of drug-likeness (QED) is 0.834. The van der Waals surface area contributed by atoms with Gasteiger partial charge in [-0.3, -0.25) is 0 Å². The van der Waals surface area contributed by atoms with Gasteiger partial charge in [0.15, 0.2) is 0 Å². The molecule has 1 N–H and O–H groups in total. The zero-order valence-electron chi connectivity index (χ0n) is 10.8. The highest BCUT2D eigenvalue weighted by atomic mass is 35.5. The van der Waals surface area contributed by atoms with E-state index in [9.17, 15) is 5.11 Å². The molecule has 0 radical (unpaired) electrons. The van der Waals surface area contributed by atoms with Crippen molar-refractivity contribution in [3.8, 4) is 0 Å². The van der Waals surface area contributed by atoms with Crippen molar-refractivity contribution < 1.29 is 5.11 Å². The Balaban J connectivity index is 0.00000144. The Morgan fingerprint density at radius 3 is 2.06 bits per heavy atom. The summed E-state index contributed by atoms with van der Waals surface area (Å²) < 4.78 is 0. The lowest BCUT2D eigenvalue weighted by molar-refractivity contribution is -0.108. The molecule has 2 rings (SSSR count). The van der Waals surface area contributed by atoms with Gasteiger partial charge in [0.25, 0.3) is 0 Å². The van der Waals surface area contributed by atoms with Gasteiger partial charge < -0.3 is 10.0 Å². The van der Waals surface area contributed by atoms with Crippen LogP contribution in [0.1, 0.15) is 19.4 Å². The van der Waals surface area contributed by atoms with Gasteiger partial charge in [-0.05, 0) is 12.6 Å². The summed E-state index contributed by atoms with van der Waals surface area (Å²) in [5.74, 6) is 0.535. The fourth-order valence-corrected chi connectivity index (χ4v) is 3.05. The topological polar surface area (TPSA) is 23.5 Å². The maximum atomic E-state index is 11.0. The molecule has 1 aliphatic heterocycles. The Morgan fingerprint density at radius 2 is 1.59 bits per heavy atom. The standard InChI is InChI=1S/C14H21NO.ClH/c1-11-9-15(3)10-12(2)14(11,16)13-7-5-4-6-8-13;/h4-8,11-12,16H,9-10H2,1-3H3;1H. The van der Waals surface area contributed by atoms with Gasteiger partial charge in [0, 0.05) is 24.9 Å². The van der Waals surface area contributed by atoms with Crippen LogP contribution in [0.3, 0.4) is 0 Å². The van der Waals surface area contributed by atoms with Crippen LogP contribution in [-0.4, -0.2) is 30.1 Å². The summed E-state index contributed by atoms with van der Waals surface area (Å²) in [6.45, 7) is 6.18. The van der Waals surface area contributed by atoms with Gasteiger partial charge in [-0.1, -0.05) is 44.2 Å². The second-order valence-corrected chi connectivity index (χ2v) is 5.21. The molecule has 3 heteroatoms. The van der Waals surface area contributed by atoms with Gasteiger partial charge in [0.05, 0.1) is 5.60 Å². The summed E-state index contributed by atoms with van der Waals surface area (Å²) in [4.78, 5) is 2.30. The summed E-state index contributed by atoms with van der Waals surface area (Å²) in [5, 5.41) is 11.0. The largest absolute Gasteiger partial charge is 0.385 e. The molecule has 2 unspecified atom stereocenters. The highest BCUT2D eigenvalue weighted by Crippen LogP contribution is 2.40. The number of likely N-dealkylation sites (tertiary alicyclic amines) is 1. The van der Waals surface area contributed by atoms with Crippen LogP contribution in [0.15, 0.2) is 30.3 Å². The molecule has 0 spiro atoms. The molecule has 0 aromatic heterocycles. The number of aliphatic hydroxyl groups is 1. The maximum Gasteiger partial charge on any atom is 0.0971 e. The fourth-order valence-electron chi connectivity index (χ4n) is 3.05. The van der Waals surface area contributed by atoms with Gasteiger partial charge in [-0.15, -0.1) is 12.4 Å². The molecular formula is C14H22ClNO. The van der Waals surface area contributed by atoms with E-state index in [1.165, 1.54) is 0 Å². The summed E-state index contributed by atoms with van der Waals surface area (Å²) in [6.07, 6.45) is 0. The summed E-state index contributed by atoms with van der Waals surface area (Å²) in [6, 6.07) is 10.1. The zero-order chi connectivity index (χ0) is 11.8. The molecule has 1 aliphatic rings. The van der Waals surface area contributed by atoms with E-state index in [0.29, 0.717) is 0 Å². The summed E-state index contributed by atoms with van der Waals surface area (Å²) in [7, 11) is 2.12. The third kappa shape index (κ3) is 2.49. The van der Waals surface area contributed by atoms with E-state index in [0.717, 1.165) is 18.7 Å². The van der Waals surface area contributed by atoms with Crippen LogP contribution in [-0.2, 0) is 5.60 Å². The van der Waals surface area contributed by atoms with Crippen molar-refractivity contribution in [2.75, 3.05) is 20.1 Å². The van der Waals surface area contributed by atoms with Crippen molar-refractivity contribution in [3.05, 3.63) is 35.9 Å². The van der Waals surface area contributed by atoms with E-state index in [-0.39, 0.29) is 24.2 Å². The number of hydrogen-bond donors (Lipinski definition) is 1. The van der Waals surface area contributed by atoms with Crippen molar-refractivity contribution in [1.82, 2.24) is 4.90 Å². The first-order valence-corrected chi connectivity index (χ1v) is 6.01. The number of hydrogen-bond acceptors (Lipinski definition) is 2. The lowest BCUT2D eigenvalue weighted by Gasteiger charge is -2.47. The molecule has 0 amide bonds. The number of piperidine rings is 1. The van der Waals surface area contributed by atoms with Crippen LogP contribution in [0.25, 0.3) is 0 Å². The molecule has 2 atom stereocenters. The molecule has 1 saturated heterocycles. The monoisotopic (exact) mass is 255 g/mol. The Labute approximate surface area is 110 Å². The zero-order valence-corrected chi connectivity index (χ0v) is 11.6. The summed E-state index contributed by atoms with van der Waals surface area (Å²) in [5.41, 5.74) is 0.386. The first kappa shape index (κ1) is 14.5. The molecule has 1 heterocycles. The molecule has 1 fully saturated rings. The second kappa shape index (κ2) is 5.38. The number of rotatable bonds is 1. The lowest BCUT2D eigenvalue weighted by Crippen LogP contribution is -2.53. The first-order valence-electron chi connectivity index (χ1n) is 6.01. The Bertz CT molecular complexity index is 342. The number of halogens is 1. The van der Waals surface area contributed by atoms with E-state index in [1.54, 1.807) is 0 Å². The van der Waals surface area contributed by atoms with Crippen LogP contribution < -0.4 is 0 Å². The van der Waals surface area contributed by atoms with Crippen LogP contribution >= 0.6 is 12.4 Å². The van der Waals surface area contributed by atoms with Crippen molar-refractivity contribution in [2.45, 2.75) is 19.4 Å². The van der Waals surface area contributed by atoms with E-state index >= 15 is 0 Å². The van der Waals surface area contributed by atoms with Crippen LogP contribution in [0.5, 0.6) is 0 Å². The molecule has 0 bridgehead atoms. The minimum absolute atomic E-state index is 0. The first-order chi connectivity index (χ1) is 7.55. The highest BCUT2D eigenvalue weighted by molar-refractivity contribution is 5.85. The van der Waals surface area contributed by atoms with Gasteiger partial charge in [0.1, 0.15) is 0 Å². The normalized spacial score (nSPS) is 34.1. The van der Waals surface area contributed by atoms with Crippen molar-refractivity contribution >= 4 is 12.4 Å². The molecule has 1 aromatic rings. The average Bonchev–Trinajstić information content (AvgIpc) is 2.27. The number of benzene rings is 1. The van der Waals surface area contributed by atoms with Crippen LogP contribution in [0.2, 0.25) is 0 Å². The third-order valence-corrected chi connectivity index (χ3v) is 3.91. The predicted molar refractivity (Wildman–Crippen MR) is 73.4 cm³/mol. The van der Waals surface area contributed by atoms with Gasteiger partial charge >= 0.3 is 0 Å². The van der Waals surface area contributed by atoms with Crippen LogP contribution in [0, 0.1) is 11.8 Å². The number of nitrogens with zero attached hydrogens (tertiary/aromatic N) is 1. The lowest BCUT2D eigenvalue weighted by atomic mass is 9.71. The van der Waals surface area contributed by atoms with Gasteiger partial charge in [-0.2, -0.15) is 0 Å². The Hall–Kier alpha value is -0.570. The van der Waals surface area contributed by atoms with Crippen molar-refractivity contribution in [3.63, 3.8) is 0 Å². The minimum Gasteiger partial charge on any atom is -0.385 e. The third-order valence-electron chi connectivity index (χ3n) is 3.91. The fraction of sp³-hybridized carbons (Fsp3) is 0.571. The van der Waals surface area contributed by atoms with Crippen LogP contribution in [0.4, 0.5) is 0 Å². The Morgan fingerprint density at radius 1 is 1.12 bits per heavy atom. The van der Waals surface area contributed by atoms with E-state index in [1.807, 2.05) is 30.3 Å². The molecule has 1 aromatic carbocycles. The minimum atomic E-state index is -0.673. The molecule has 96 valence electrons. The van der Waals surface area contributed by atoms with Gasteiger partial charge in [-0.25, -0.2) is 0 Å². The molecule has 0 saturated carbocycles. The average molecular weight is 256 g/mol. The SMILES string of the molecule is CC1CN(C)CC(C)C1(O)c1ccccc1.Cl. The van der Waals surface area contributed by atoms with Gasteiger partial charge in [0.2, 0.25) is 0 Å². The predicted octanol–water partition coefficient (Wildman–Crippen LogP) is 2.51. The van der Waals surface area contributed by atoms with E-state index in [2.05, 4.69) is 25.8 Å². The highest BCUT2D eigenvalue weighted by Gasteiger charge is 2.44. The molecule has 0 aliphatic carbocycles. The van der Waals surface area contributed by atoms with E-state index < -0.39 is 5.60 Å². The second-order valence-electron chi connectivity index (χ2n) is 5.21. The molecular weight excluding hydrogens is 234 g/mol. The molecule has 17 heavy (non-hydrogen) atoms. The van der Waals surface area contributed by atoms with E-state index in [4.69, 9.17) is 0 Å². The Kier molecular flexibility index (Phi) is 4.59. The van der Waals surface area contributed by atoms with Crippen molar-refractivity contribution in [1.29, 1.82) is 0 Å². The maximum absolute atomic E-state index is 11.0. The summed E-state index contributed by atoms with van der Waals surface area (Å²) >= 11 is 0.